The van der Waals surface area contributed by atoms with Gasteiger partial charge in [0.05, 0.1) is 33.1 Å². The number of nitrogens with one attached hydrogen (secondary N) is 1. The average molecular weight is 480 g/mol. The van der Waals surface area contributed by atoms with Crippen molar-refractivity contribution in [3.8, 4) is 0 Å². The number of halogens is 1. The topological polar surface area (TPSA) is 80.7 Å². The first kappa shape index (κ1) is 18.8. The fourth-order valence-corrected chi connectivity index (χ4v) is 4.31. The van der Waals surface area contributed by atoms with Gasteiger partial charge in [0, 0.05) is 38.9 Å². The fourth-order valence-electron chi connectivity index (χ4n) is 3.91. The number of amides is 1. The van der Waals surface area contributed by atoms with Crippen LogP contribution in [0.4, 0.5) is 5.69 Å². The SMILES string of the molecule is O=C(Nc1cccc(Br)c1)c1ccc2nc3c4cccnc4c4ncccc4c3nc2c1. The molecule has 0 unspecified atom stereocenters. The Kier molecular flexibility index (Phi) is 4.29. The maximum Gasteiger partial charge on any atom is 0.255 e. The van der Waals surface area contributed by atoms with Crippen LogP contribution in [0.2, 0.25) is 0 Å². The Balaban J connectivity index is 1.54. The zero-order valence-corrected chi connectivity index (χ0v) is 18.2. The maximum absolute atomic E-state index is 12.8. The number of fused-ring (bicyclic) bond motifs is 7. The number of benzene rings is 3. The van der Waals surface area contributed by atoms with Gasteiger partial charge in [-0.15, -0.1) is 0 Å². The Morgan fingerprint density at radius 3 is 2.09 bits per heavy atom. The van der Waals surface area contributed by atoms with E-state index in [0.717, 1.165) is 37.3 Å². The van der Waals surface area contributed by atoms with Gasteiger partial charge in [-0.1, -0.05) is 22.0 Å². The summed E-state index contributed by atoms with van der Waals surface area (Å²) < 4.78 is 0.897. The van der Waals surface area contributed by atoms with Crippen LogP contribution < -0.4 is 5.32 Å². The Morgan fingerprint density at radius 2 is 1.41 bits per heavy atom. The lowest BCUT2D eigenvalue weighted by molar-refractivity contribution is 0.102. The van der Waals surface area contributed by atoms with Crippen molar-refractivity contribution in [1.29, 1.82) is 0 Å². The molecule has 0 fully saturated rings. The smallest absolute Gasteiger partial charge is 0.255 e. The minimum Gasteiger partial charge on any atom is -0.322 e. The molecule has 6 rings (SSSR count). The van der Waals surface area contributed by atoms with Crippen LogP contribution in [0.5, 0.6) is 0 Å². The molecule has 3 heterocycles. The lowest BCUT2D eigenvalue weighted by atomic mass is 10.1. The van der Waals surface area contributed by atoms with Crippen molar-refractivity contribution in [3.63, 3.8) is 0 Å². The van der Waals surface area contributed by atoms with Gasteiger partial charge in [-0.3, -0.25) is 14.8 Å². The van der Waals surface area contributed by atoms with E-state index in [4.69, 9.17) is 9.97 Å². The molecule has 3 aromatic carbocycles. The first-order valence-corrected chi connectivity index (χ1v) is 10.8. The van der Waals surface area contributed by atoms with E-state index in [1.807, 2.05) is 54.6 Å². The van der Waals surface area contributed by atoms with Crippen molar-refractivity contribution in [1.82, 2.24) is 19.9 Å². The zero-order chi connectivity index (χ0) is 21.7. The second kappa shape index (κ2) is 7.32. The van der Waals surface area contributed by atoms with Gasteiger partial charge in [-0.05, 0) is 60.7 Å². The number of carbonyl (C=O) groups excluding carboxylic acids is 1. The predicted molar refractivity (Wildman–Crippen MR) is 130 cm³/mol. The van der Waals surface area contributed by atoms with Crippen LogP contribution in [0.1, 0.15) is 10.4 Å². The number of hydrogen-bond donors (Lipinski definition) is 1. The third kappa shape index (κ3) is 3.06. The van der Waals surface area contributed by atoms with Gasteiger partial charge in [0.1, 0.15) is 0 Å². The van der Waals surface area contributed by atoms with Gasteiger partial charge < -0.3 is 5.32 Å². The molecule has 0 spiro atoms. The molecule has 6 nitrogen and oxygen atoms in total. The van der Waals surface area contributed by atoms with Crippen molar-refractivity contribution >= 4 is 71.4 Å². The van der Waals surface area contributed by atoms with Crippen molar-refractivity contribution in [2.24, 2.45) is 0 Å². The van der Waals surface area contributed by atoms with Gasteiger partial charge in [-0.25, -0.2) is 9.97 Å². The number of hydrogen-bond acceptors (Lipinski definition) is 5. The Hall–Kier alpha value is -3.97. The summed E-state index contributed by atoms with van der Waals surface area (Å²) >= 11 is 3.42. The van der Waals surface area contributed by atoms with E-state index in [0.29, 0.717) is 22.3 Å². The molecule has 152 valence electrons. The molecule has 0 radical (unpaired) electrons. The molecular formula is C25H14BrN5O. The van der Waals surface area contributed by atoms with Gasteiger partial charge >= 0.3 is 0 Å². The second-order valence-electron chi connectivity index (χ2n) is 7.39. The van der Waals surface area contributed by atoms with Gasteiger partial charge in [0.15, 0.2) is 0 Å². The fraction of sp³-hybridized carbons (Fsp3) is 0. The Labute approximate surface area is 190 Å². The van der Waals surface area contributed by atoms with Crippen molar-refractivity contribution < 1.29 is 4.79 Å². The molecule has 32 heavy (non-hydrogen) atoms. The molecule has 7 heteroatoms. The van der Waals surface area contributed by atoms with E-state index in [2.05, 4.69) is 31.2 Å². The van der Waals surface area contributed by atoms with E-state index in [1.165, 1.54) is 0 Å². The van der Waals surface area contributed by atoms with E-state index < -0.39 is 0 Å². The van der Waals surface area contributed by atoms with Crippen molar-refractivity contribution in [3.05, 3.63) is 89.2 Å². The van der Waals surface area contributed by atoms with Gasteiger partial charge in [-0.2, -0.15) is 0 Å². The Bertz CT molecular complexity index is 1700. The van der Waals surface area contributed by atoms with Crippen molar-refractivity contribution in [2.45, 2.75) is 0 Å². The van der Waals surface area contributed by atoms with Crippen LogP contribution in [-0.4, -0.2) is 25.8 Å². The largest absolute Gasteiger partial charge is 0.322 e. The first-order valence-electron chi connectivity index (χ1n) is 9.97. The molecule has 0 bridgehead atoms. The standard InChI is InChI=1S/C25H14BrN5O/c26-15-4-1-5-16(13-15)29-25(32)14-8-9-19-20(12-14)31-24-18-7-3-11-28-22(18)21-17(23(24)30-19)6-2-10-27-21/h1-13H,(H,29,32). The molecule has 0 atom stereocenters. The lowest BCUT2D eigenvalue weighted by Gasteiger charge is -2.10. The summed E-state index contributed by atoms with van der Waals surface area (Å²) in [4.78, 5) is 31.7. The summed E-state index contributed by atoms with van der Waals surface area (Å²) in [5.41, 5.74) is 5.68. The highest BCUT2D eigenvalue weighted by molar-refractivity contribution is 9.10. The molecular weight excluding hydrogens is 466 g/mol. The quantitative estimate of drug-likeness (QED) is 0.247. The molecule has 6 aromatic rings. The third-order valence-electron chi connectivity index (χ3n) is 5.36. The highest BCUT2D eigenvalue weighted by Crippen LogP contribution is 2.31. The van der Waals surface area contributed by atoms with Crippen molar-refractivity contribution in [2.75, 3.05) is 5.32 Å². The van der Waals surface area contributed by atoms with E-state index in [9.17, 15) is 4.79 Å². The van der Waals surface area contributed by atoms with Crippen LogP contribution in [0, 0.1) is 0 Å². The summed E-state index contributed by atoms with van der Waals surface area (Å²) in [7, 11) is 0. The molecule has 1 amide bonds. The van der Waals surface area contributed by atoms with E-state index in [-0.39, 0.29) is 5.91 Å². The number of aromatic nitrogens is 4. The average Bonchev–Trinajstić information content (AvgIpc) is 2.83. The van der Waals surface area contributed by atoms with Gasteiger partial charge in [0.2, 0.25) is 0 Å². The van der Waals surface area contributed by atoms with Gasteiger partial charge in [0.25, 0.3) is 5.91 Å². The molecule has 0 aliphatic rings. The summed E-state index contributed by atoms with van der Waals surface area (Å²) in [5, 5.41) is 4.70. The minimum atomic E-state index is -0.207. The molecule has 0 aliphatic heterocycles. The van der Waals surface area contributed by atoms with Crippen LogP contribution in [0.15, 0.2) is 83.6 Å². The van der Waals surface area contributed by atoms with Crippen LogP contribution in [0.25, 0.3) is 43.9 Å². The van der Waals surface area contributed by atoms with Crippen LogP contribution in [0.3, 0.4) is 0 Å². The molecule has 0 aliphatic carbocycles. The first-order chi connectivity index (χ1) is 15.7. The lowest BCUT2D eigenvalue weighted by Crippen LogP contribution is -2.11. The van der Waals surface area contributed by atoms with E-state index in [1.54, 1.807) is 24.5 Å². The minimum absolute atomic E-state index is 0.207. The monoisotopic (exact) mass is 479 g/mol. The number of pyridine rings is 2. The summed E-state index contributed by atoms with van der Waals surface area (Å²) in [5.74, 6) is -0.207. The number of carbonyl (C=O) groups is 1. The molecule has 1 N–H and O–H groups in total. The number of nitrogens with zero attached hydrogens (tertiary/aromatic N) is 4. The van der Waals surface area contributed by atoms with E-state index >= 15 is 0 Å². The highest BCUT2D eigenvalue weighted by atomic mass is 79.9. The zero-order valence-electron chi connectivity index (χ0n) is 16.6. The summed E-state index contributed by atoms with van der Waals surface area (Å²) in [6.07, 6.45) is 3.51. The predicted octanol–water partition coefficient (Wildman–Crippen LogP) is 5.89. The summed E-state index contributed by atoms with van der Waals surface area (Å²) in [6, 6.07) is 20.6. The third-order valence-corrected chi connectivity index (χ3v) is 5.85. The normalized spacial score (nSPS) is 11.4. The van der Waals surface area contributed by atoms with Crippen LogP contribution >= 0.6 is 15.9 Å². The number of rotatable bonds is 2. The second-order valence-corrected chi connectivity index (χ2v) is 8.30. The Morgan fingerprint density at radius 1 is 0.719 bits per heavy atom. The highest BCUT2D eigenvalue weighted by Gasteiger charge is 2.15. The molecule has 0 saturated heterocycles. The summed E-state index contributed by atoms with van der Waals surface area (Å²) in [6.45, 7) is 0. The van der Waals surface area contributed by atoms with Crippen LogP contribution in [-0.2, 0) is 0 Å². The molecule has 3 aromatic heterocycles. The maximum atomic E-state index is 12.8. The molecule has 0 saturated carbocycles. The number of anilines is 1.